The van der Waals surface area contributed by atoms with Crippen molar-refractivity contribution in [1.82, 2.24) is 24.9 Å². The molecule has 1 aromatic carbocycles. The first-order valence-corrected chi connectivity index (χ1v) is 13.2. The van der Waals surface area contributed by atoms with E-state index in [2.05, 4.69) is 20.2 Å². The number of amides is 1. The molecule has 3 aromatic rings. The first-order chi connectivity index (χ1) is 19.2. The van der Waals surface area contributed by atoms with Gasteiger partial charge >= 0.3 is 0 Å². The number of methoxy groups -OCH3 is 2. The van der Waals surface area contributed by atoms with Crippen LogP contribution in [0.2, 0.25) is 0 Å². The Morgan fingerprint density at radius 2 is 1.98 bits per heavy atom. The van der Waals surface area contributed by atoms with Crippen molar-refractivity contribution in [1.29, 1.82) is 0 Å². The van der Waals surface area contributed by atoms with Gasteiger partial charge in [-0.25, -0.2) is 9.07 Å². The second-order valence-corrected chi connectivity index (χ2v) is 10.1. The summed E-state index contributed by atoms with van der Waals surface area (Å²) >= 11 is 0. The van der Waals surface area contributed by atoms with Gasteiger partial charge in [0.05, 0.1) is 11.8 Å². The summed E-state index contributed by atoms with van der Waals surface area (Å²) in [5.74, 6) is -0.585. The molecule has 216 valence electrons. The number of pyridine rings is 1. The molecule has 1 aliphatic rings. The molecule has 11 nitrogen and oxygen atoms in total. The monoisotopic (exact) mass is 556 g/mol. The normalized spacial score (nSPS) is 22.8. The van der Waals surface area contributed by atoms with Crippen LogP contribution in [0, 0.1) is 0 Å². The van der Waals surface area contributed by atoms with Crippen LogP contribution in [0.3, 0.4) is 0 Å². The van der Waals surface area contributed by atoms with Crippen LogP contribution in [0.15, 0.2) is 48.8 Å². The molecule has 4 rings (SSSR count). The molecule has 6 atom stereocenters. The Morgan fingerprint density at radius 1 is 1.25 bits per heavy atom. The highest BCUT2D eigenvalue weighted by atomic mass is 19.1. The maximum Gasteiger partial charge on any atom is 0.267 e. The number of ether oxygens (including phenoxy) is 3. The molecule has 12 heteroatoms. The minimum Gasteiger partial charge on any atom is -0.386 e. The Morgan fingerprint density at radius 3 is 2.58 bits per heavy atom. The smallest absolute Gasteiger partial charge is 0.267 e. The number of benzene rings is 1. The molecule has 40 heavy (non-hydrogen) atoms. The predicted octanol–water partition coefficient (Wildman–Crippen LogP) is 2.32. The second-order valence-electron chi connectivity index (χ2n) is 10.1. The first kappa shape index (κ1) is 29.7. The molecule has 1 saturated heterocycles. The van der Waals surface area contributed by atoms with Crippen LogP contribution in [0.4, 0.5) is 4.39 Å². The molecule has 0 spiro atoms. The van der Waals surface area contributed by atoms with Gasteiger partial charge in [-0.2, -0.15) is 0 Å². The van der Waals surface area contributed by atoms with E-state index in [1.807, 2.05) is 38.2 Å². The zero-order valence-corrected chi connectivity index (χ0v) is 23.2. The van der Waals surface area contributed by atoms with E-state index in [1.54, 1.807) is 24.5 Å². The predicted molar refractivity (Wildman–Crippen MR) is 145 cm³/mol. The Balaban J connectivity index is 1.41. The third kappa shape index (κ3) is 6.70. The van der Waals surface area contributed by atoms with Gasteiger partial charge in [-0.1, -0.05) is 35.5 Å². The van der Waals surface area contributed by atoms with Crippen LogP contribution in [0.25, 0.3) is 11.1 Å². The van der Waals surface area contributed by atoms with Crippen LogP contribution >= 0.6 is 0 Å². The minimum absolute atomic E-state index is 0.0360. The summed E-state index contributed by atoms with van der Waals surface area (Å²) in [4.78, 5) is 17.4. The Labute approximate surface area is 233 Å². The number of nitrogens with two attached hydrogens (primary N) is 1. The number of hydrogen-bond acceptors (Lipinski definition) is 9. The van der Waals surface area contributed by atoms with E-state index in [0.717, 1.165) is 16.7 Å². The van der Waals surface area contributed by atoms with Crippen molar-refractivity contribution >= 4 is 5.91 Å². The number of nitrogens with zero attached hydrogens (tertiary/aromatic N) is 5. The Kier molecular flexibility index (Phi) is 9.93. The minimum atomic E-state index is -0.766. The highest BCUT2D eigenvalue weighted by molar-refractivity contribution is 5.91. The summed E-state index contributed by atoms with van der Waals surface area (Å²) < 4.78 is 32.5. The van der Waals surface area contributed by atoms with Gasteiger partial charge in [-0.3, -0.25) is 9.78 Å². The summed E-state index contributed by atoms with van der Waals surface area (Å²) in [6, 6.07) is 10.0. The van der Waals surface area contributed by atoms with Gasteiger partial charge < -0.3 is 30.0 Å². The summed E-state index contributed by atoms with van der Waals surface area (Å²) in [6.45, 7) is 1.88. The van der Waals surface area contributed by atoms with E-state index in [9.17, 15) is 14.3 Å². The van der Waals surface area contributed by atoms with Crippen LogP contribution < -0.4 is 5.73 Å². The molecule has 1 aliphatic heterocycles. The highest BCUT2D eigenvalue weighted by Gasteiger charge is 2.38. The molecule has 3 heterocycles. The number of carbonyl (C=O) groups is 1. The molecular weight excluding hydrogens is 519 g/mol. The molecule has 3 N–H and O–H groups in total. The van der Waals surface area contributed by atoms with Crippen molar-refractivity contribution in [3.8, 4) is 11.1 Å². The van der Waals surface area contributed by atoms with Crippen LogP contribution in [0.1, 0.15) is 47.2 Å². The van der Waals surface area contributed by atoms with Gasteiger partial charge in [0.2, 0.25) is 0 Å². The van der Waals surface area contributed by atoms with Gasteiger partial charge in [0.25, 0.3) is 5.91 Å². The lowest BCUT2D eigenvalue weighted by atomic mass is 9.98. The average molecular weight is 557 g/mol. The summed E-state index contributed by atoms with van der Waals surface area (Å²) in [5.41, 5.74) is 8.65. The third-order valence-corrected chi connectivity index (χ3v) is 7.38. The zero-order chi connectivity index (χ0) is 28.8. The van der Waals surface area contributed by atoms with E-state index in [1.165, 1.54) is 18.9 Å². The molecular formula is C28H37FN6O5. The van der Waals surface area contributed by atoms with Crippen molar-refractivity contribution in [3.63, 3.8) is 0 Å². The quantitative estimate of drug-likeness (QED) is 0.344. The molecule has 2 aromatic heterocycles. The highest BCUT2D eigenvalue weighted by Crippen LogP contribution is 2.31. The van der Waals surface area contributed by atoms with Gasteiger partial charge in [0.1, 0.15) is 30.6 Å². The van der Waals surface area contributed by atoms with E-state index >= 15 is 0 Å². The Hall–Kier alpha value is -3.29. The lowest BCUT2D eigenvalue weighted by molar-refractivity contribution is -0.243. The number of likely N-dealkylation sites (N-methyl/N-ethyl adjacent to an activating group) is 1. The van der Waals surface area contributed by atoms with Crippen molar-refractivity contribution in [2.45, 2.75) is 56.5 Å². The summed E-state index contributed by atoms with van der Waals surface area (Å²) in [6.07, 6.45) is 2.51. The van der Waals surface area contributed by atoms with Crippen LogP contribution in [0.5, 0.6) is 0 Å². The van der Waals surface area contributed by atoms with Crippen LogP contribution in [-0.2, 0) is 20.6 Å². The number of aliphatic hydroxyl groups is 1. The third-order valence-electron chi connectivity index (χ3n) is 7.38. The fourth-order valence-electron chi connectivity index (χ4n) is 5.09. The van der Waals surface area contributed by atoms with E-state index < -0.39 is 37.1 Å². The zero-order valence-electron chi connectivity index (χ0n) is 23.2. The van der Waals surface area contributed by atoms with Crippen molar-refractivity contribution in [2.75, 3.05) is 34.5 Å². The molecule has 1 amide bonds. The second kappa shape index (κ2) is 13.4. The molecule has 0 bridgehead atoms. The summed E-state index contributed by atoms with van der Waals surface area (Å²) in [7, 11) is 5.00. The largest absolute Gasteiger partial charge is 0.386 e. The lowest BCUT2D eigenvalue weighted by Gasteiger charge is -2.41. The molecule has 0 radical (unpaired) electrons. The number of rotatable bonds is 12. The number of halogens is 1. The van der Waals surface area contributed by atoms with E-state index in [0.29, 0.717) is 25.1 Å². The molecule has 0 saturated carbocycles. The lowest BCUT2D eigenvalue weighted by Crippen LogP contribution is -2.55. The van der Waals surface area contributed by atoms with Gasteiger partial charge in [-0.05, 0) is 37.6 Å². The topological polar surface area (TPSA) is 138 Å². The summed E-state index contributed by atoms with van der Waals surface area (Å²) in [5, 5.41) is 19.1. The maximum absolute atomic E-state index is 14.4. The van der Waals surface area contributed by atoms with Gasteiger partial charge in [0, 0.05) is 51.2 Å². The molecule has 1 unspecified atom stereocenters. The number of primary amides is 1. The fraction of sp³-hybridized carbons (Fsp3) is 0.500. The number of carbonyl (C=O) groups excluding carboxylic acids is 1. The number of aromatic nitrogens is 4. The Bertz CT molecular complexity index is 1240. The van der Waals surface area contributed by atoms with Crippen molar-refractivity contribution in [3.05, 3.63) is 65.7 Å². The van der Waals surface area contributed by atoms with Gasteiger partial charge in [-0.15, -0.1) is 5.10 Å². The van der Waals surface area contributed by atoms with Crippen molar-refractivity contribution in [2.24, 2.45) is 5.73 Å². The van der Waals surface area contributed by atoms with Crippen LogP contribution in [-0.4, -0.2) is 94.9 Å². The van der Waals surface area contributed by atoms with Gasteiger partial charge in [0.15, 0.2) is 6.29 Å². The van der Waals surface area contributed by atoms with E-state index in [4.69, 9.17) is 19.9 Å². The maximum atomic E-state index is 14.4. The first-order valence-electron chi connectivity index (χ1n) is 13.2. The molecule has 0 aliphatic carbocycles. The van der Waals surface area contributed by atoms with E-state index in [-0.39, 0.29) is 17.8 Å². The average Bonchev–Trinajstić information content (AvgIpc) is 3.44. The SMILES string of the molecule is CO[C@@H]1O[C@H](C)C[C@H](N(C)CCc2cn([C@H](CF)[C@H](OC)c3ccc(-c4ccc(C(N)=O)nc4)cc3)nn2)C1O. The molecule has 1 fully saturated rings. The number of aliphatic hydroxyl groups excluding tert-OH is 1. The van der Waals surface area contributed by atoms with Crippen molar-refractivity contribution < 1.29 is 28.5 Å². The fourth-order valence-corrected chi connectivity index (χ4v) is 5.09. The number of hydrogen-bond donors (Lipinski definition) is 2. The standard InChI is InChI=1S/C28H37FN6O5/c1-17-13-23(25(36)28(39-4)40-17)34(2)12-11-21-16-35(33-32-21)24(14-29)26(38-3)19-7-5-18(6-8-19)20-9-10-22(27(30)37)31-15-20/h5-10,15-17,23-26,28,36H,11-14H2,1-4H3,(H2,30,37)/t17-,23+,24-,25?,26-,28-/m1/s1. The number of alkyl halides is 1.